The van der Waals surface area contributed by atoms with Gasteiger partial charge in [0.05, 0.1) is 18.6 Å². The number of benzene rings is 1. The lowest BCUT2D eigenvalue weighted by molar-refractivity contribution is 0.0514. The number of fused-ring (bicyclic) bond motifs is 1. The van der Waals surface area contributed by atoms with E-state index >= 15 is 0 Å². The molecule has 1 aromatic carbocycles. The van der Waals surface area contributed by atoms with E-state index in [4.69, 9.17) is 4.74 Å². The number of thiophene rings is 1. The topological polar surface area (TPSA) is 92.3 Å². The lowest BCUT2D eigenvalue weighted by Gasteiger charge is -2.08. The van der Waals surface area contributed by atoms with Crippen LogP contribution in [0.2, 0.25) is 0 Å². The third kappa shape index (κ3) is 3.47. The fourth-order valence-corrected chi connectivity index (χ4v) is 3.84. The number of aryl methyl sites for hydroxylation is 2. The van der Waals surface area contributed by atoms with Gasteiger partial charge in [-0.15, -0.1) is 11.3 Å². The molecule has 0 spiro atoms. The Balaban J connectivity index is 1.76. The molecule has 3 aromatic rings. The van der Waals surface area contributed by atoms with Gasteiger partial charge in [-0.05, 0) is 30.5 Å². The van der Waals surface area contributed by atoms with Gasteiger partial charge in [-0.2, -0.15) is 0 Å². The van der Waals surface area contributed by atoms with Crippen LogP contribution in [-0.4, -0.2) is 27.7 Å². The first-order chi connectivity index (χ1) is 12.0. The van der Waals surface area contributed by atoms with Gasteiger partial charge in [-0.1, -0.05) is 24.3 Å². The fraction of sp³-hybridized carbons (Fsp3) is 0.278. The molecule has 0 aliphatic carbocycles. The molecule has 0 amide bonds. The minimum atomic E-state index is -0.459. The number of aliphatic hydroxyl groups is 1. The summed E-state index contributed by atoms with van der Waals surface area (Å²) < 4.78 is 5.36. The van der Waals surface area contributed by atoms with E-state index in [1.54, 1.807) is 13.8 Å². The van der Waals surface area contributed by atoms with E-state index in [1.807, 2.05) is 24.3 Å². The lowest BCUT2D eigenvalue weighted by Crippen LogP contribution is -2.11. The summed E-state index contributed by atoms with van der Waals surface area (Å²) in [6, 6.07) is 7.48. The molecule has 25 heavy (non-hydrogen) atoms. The smallest absolute Gasteiger partial charge is 0.348 e. The van der Waals surface area contributed by atoms with E-state index in [1.165, 1.54) is 11.3 Å². The summed E-state index contributed by atoms with van der Waals surface area (Å²) in [5, 5.41) is 9.76. The predicted molar refractivity (Wildman–Crippen MR) is 96.1 cm³/mol. The van der Waals surface area contributed by atoms with Gasteiger partial charge >= 0.3 is 5.97 Å². The zero-order valence-electron chi connectivity index (χ0n) is 14.0. The Bertz CT molecular complexity index is 990. The van der Waals surface area contributed by atoms with E-state index in [0.717, 1.165) is 11.1 Å². The molecule has 130 valence electrons. The van der Waals surface area contributed by atoms with E-state index in [0.29, 0.717) is 32.9 Å². The zero-order valence-corrected chi connectivity index (χ0v) is 14.8. The minimum Gasteiger partial charge on any atom is -0.461 e. The van der Waals surface area contributed by atoms with Crippen molar-refractivity contribution in [2.45, 2.75) is 26.9 Å². The standard InChI is InChI=1S/C18H18N2O4S/c1-10-14-16(22)19-11(2)20-17(14)25-15(10)18(23)24-8-7-12-5-3-4-6-13(12)9-21/h3-6,21H,7-9H2,1-2H3,(H,19,20,22). The maximum absolute atomic E-state index is 12.4. The summed E-state index contributed by atoms with van der Waals surface area (Å²) in [4.78, 5) is 32.3. The molecule has 0 aliphatic heterocycles. The SMILES string of the molecule is Cc1nc2sc(C(=O)OCCc3ccccc3CO)c(C)c2c(=O)[nH]1. The highest BCUT2D eigenvalue weighted by Crippen LogP contribution is 2.27. The van der Waals surface area contributed by atoms with Crippen molar-refractivity contribution in [1.82, 2.24) is 9.97 Å². The van der Waals surface area contributed by atoms with Crippen LogP contribution < -0.4 is 5.56 Å². The van der Waals surface area contributed by atoms with Gasteiger partial charge in [-0.25, -0.2) is 9.78 Å². The largest absolute Gasteiger partial charge is 0.461 e. The van der Waals surface area contributed by atoms with Gasteiger partial charge in [0, 0.05) is 6.42 Å². The van der Waals surface area contributed by atoms with Gasteiger partial charge in [0.25, 0.3) is 5.56 Å². The van der Waals surface area contributed by atoms with Gasteiger partial charge in [0.2, 0.25) is 0 Å². The monoisotopic (exact) mass is 358 g/mol. The molecule has 0 bridgehead atoms. The number of aliphatic hydroxyl groups excluding tert-OH is 1. The summed E-state index contributed by atoms with van der Waals surface area (Å²) in [6.45, 7) is 3.58. The second kappa shape index (κ2) is 7.16. The van der Waals surface area contributed by atoms with Crippen LogP contribution in [0, 0.1) is 13.8 Å². The summed E-state index contributed by atoms with van der Waals surface area (Å²) >= 11 is 1.17. The van der Waals surface area contributed by atoms with Crippen LogP contribution in [0.3, 0.4) is 0 Å². The second-order valence-electron chi connectivity index (χ2n) is 5.70. The van der Waals surface area contributed by atoms with Crippen molar-refractivity contribution in [2.24, 2.45) is 0 Å². The number of hydrogen-bond donors (Lipinski definition) is 2. The Morgan fingerprint density at radius 3 is 2.72 bits per heavy atom. The van der Waals surface area contributed by atoms with Crippen LogP contribution in [-0.2, 0) is 17.8 Å². The first kappa shape index (κ1) is 17.3. The molecule has 2 aromatic heterocycles. The number of ether oxygens (including phenoxy) is 1. The van der Waals surface area contributed by atoms with Crippen molar-refractivity contribution in [1.29, 1.82) is 0 Å². The van der Waals surface area contributed by atoms with E-state index in [-0.39, 0.29) is 18.8 Å². The van der Waals surface area contributed by atoms with Gasteiger partial charge in [0.15, 0.2) is 0 Å². The molecule has 7 heteroatoms. The molecule has 0 saturated heterocycles. The van der Waals surface area contributed by atoms with E-state index in [2.05, 4.69) is 9.97 Å². The number of nitrogens with zero attached hydrogens (tertiary/aromatic N) is 1. The van der Waals surface area contributed by atoms with Gasteiger partial charge in [-0.3, -0.25) is 4.79 Å². The minimum absolute atomic E-state index is 0.0483. The number of aromatic amines is 1. The summed E-state index contributed by atoms with van der Waals surface area (Å²) in [7, 11) is 0. The maximum atomic E-state index is 12.4. The van der Waals surface area contributed by atoms with Gasteiger partial charge in [0.1, 0.15) is 15.5 Å². The van der Waals surface area contributed by atoms with Crippen LogP contribution in [0.15, 0.2) is 29.1 Å². The van der Waals surface area contributed by atoms with E-state index < -0.39 is 5.97 Å². The number of hydrogen-bond acceptors (Lipinski definition) is 6. The highest BCUT2D eigenvalue weighted by Gasteiger charge is 2.20. The van der Waals surface area contributed by atoms with E-state index in [9.17, 15) is 14.7 Å². The molecule has 0 fully saturated rings. The Labute approximate surface area is 148 Å². The first-order valence-corrected chi connectivity index (χ1v) is 8.67. The maximum Gasteiger partial charge on any atom is 0.348 e. The van der Waals surface area contributed by atoms with Crippen LogP contribution in [0.25, 0.3) is 10.2 Å². The average molecular weight is 358 g/mol. The van der Waals surface area contributed by atoms with Crippen molar-refractivity contribution < 1.29 is 14.6 Å². The van der Waals surface area contributed by atoms with Crippen LogP contribution >= 0.6 is 11.3 Å². The van der Waals surface area contributed by atoms with Crippen molar-refractivity contribution in [3.8, 4) is 0 Å². The average Bonchev–Trinajstić information content (AvgIpc) is 2.92. The third-order valence-electron chi connectivity index (χ3n) is 4.00. The molecule has 3 rings (SSSR count). The molecule has 0 saturated carbocycles. The molecule has 0 unspecified atom stereocenters. The second-order valence-corrected chi connectivity index (χ2v) is 6.70. The third-order valence-corrected chi connectivity index (χ3v) is 5.16. The normalized spacial score (nSPS) is 11.0. The predicted octanol–water partition coefficient (Wildman–Crippen LogP) is 2.49. The Morgan fingerprint density at radius 2 is 2.00 bits per heavy atom. The number of carbonyl (C=O) groups excluding carboxylic acids is 1. The zero-order chi connectivity index (χ0) is 18.0. The number of aromatic nitrogens is 2. The number of H-pyrrole nitrogens is 1. The molecular formula is C18H18N2O4S. The quantitative estimate of drug-likeness (QED) is 0.684. The summed E-state index contributed by atoms with van der Waals surface area (Å²) in [5.41, 5.74) is 2.11. The molecule has 0 aliphatic rings. The van der Waals surface area contributed by atoms with Crippen LogP contribution in [0.4, 0.5) is 0 Å². The lowest BCUT2D eigenvalue weighted by atomic mass is 10.1. The summed E-state index contributed by atoms with van der Waals surface area (Å²) in [6.07, 6.45) is 0.518. The van der Waals surface area contributed by atoms with Crippen LogP contribution in [0.5, 0.6) is 0 Å². The number of esters is 1. The number of rotatable bonds is 5. The van der Waals surface area contributed by atoms with Gasteiger partial charge < -0.3 is 14.8 Å². The van der Waals surface area contributed by atoms with Crippen molar-refractivity contribution in [3.05, 3.63) is 62.0 Å². The molecule has 0 atom stereocenters. The fourth-order valence-electron chi connectivity index (χ4n) is 2.72. The van der Waals surface area contributed by atoms with Crippen molar-refractivity contribution in [2.75, 3.05) is 6.61 Å². The molecule has 0 radical (unpaired) electrons. The molecular weight excluding hydrogens is 340 g/mol. The molecule has 2 N–H and O–H groups in total. The molecule has 6 nitrogen and oxygen atoms in total. The highest BCUT2D eigenvalue weighted by molar-refractivity contribution is 7.20. The highest BCUT2D eigenvalue weighted by atomic mass is 32.1. The Hall–Kier alpha value is -2.51. The number of carbonyl (C=O) groups is 1. The van der Waals surface area contributed by atoms with Crippen molar-refractivity contribution in [3.63, 3.8) is 0 Å². The van der Waals surface area contributed by atoms with Crippen molar-refractivity contribution >= 4 is 27.5 Å². The Morgan fingerprint density at radius 1 is 1.28 bits per heavy atom. The number of nitrogens with one attached hydrogen (secondary N) is 1. The van der Waals surface area contributed by atoms with Crippen LogP contribution in [0.1, 0.15) is 32.2 Å². The molecule has 2 heterocycles. The Kier molecular flexibility index (Phi) is 4.96. The summed E-state index contributed by atoms with van der Waals surface area (Å²) in [5.74, 6) is 0.0540. The first-order valence-electron chi connectivity index (χ1n) is 7.86.